The monoisotopic (exact) mass is 583 g/mol. The van der Waals surface area contributed by atoms with Crippen LogP contribution in [0.2, 0.25) is 5.02 Å². The van der Waals surface area contributed by atoms with Gasteiger partial charge in [-0.2, -0.15) is 0 Å². The fourth-order valence-electron chi connectivity index (χ4n) is 4.85. The quantitative estimate of drug-likeness (QED) is 0.193. The molecule has 40 heavy (non-hydrogen) atoms. The summed E-state index contributed by atoms with van der Waals surface area (Å²) in [4.78, 5) is 12.9. The van der Waals surface area contributed by atoms with E-state index in [0.29, 0.717) is 34.3 Å². The number of furan rings is 1. The van der Waals surface area contributed by atoms with Crippen LogP contribution in [0.25, 0.3) is 22.3 Å². The summed E-state index contributed by atoms with van der Waals surface area (Å²) in [6.07, 6.45) is 2.27. The highest BCUT2D eigenvalue weighted by Crippen LogP contribution is 2.45. The highest BCUT2D eigenvalue weighted by Gasteiger charge is 2.30. The van der Waals surface area contributed by atoms with Gasteiger partial charge in [-0.15, -0.1) is 0 Å². The first kappa shape index (κ1) is 28.5. The number of hydrogen-bond acceptors (Lipinski definition) is 6. The molecule has 3 aromatic carbocycles. The molecule has 5 rings (SSSR count). The van der Waals surface area contributed by atoms with Crippen LogP contribution in [0.15, 0.2) is 59.0 Å². The minimum Gasteiger partial charge on any atom is -0.760 e. The Kier molecular flexibility index (Phi) is 8.41. The predicted octanol–water partition coefficient (Wildman–Crippen LogP) is 3.65. The highest BCUT2D eigenvalue weighted by molar-refractivity contribution is 7.76. The number of rotatable bonds is 10. The lowest BCUT2D eigenvalue weighted by molar-refractivity contribution is 0.0964. The number of nitrogens with one attached hydrogen (secondary N) is 1. The number of amides is 1. The molecule has 0 saturated heterocycles. The summed E-state index contributed by atoms with van der Waals surface area (Å²) in [5, 5.41) is 22.2. The van der Waals surface area contributed by atoms with Crippen molar-refractivity contribution in [2.45, 2.75) is 31.7 Å². The largest absolute Gasteiger partial charge is 0.760 e. The lowest BCUT2D eigenvalue weighted by Gasteiger charge is -2.25. The maximum absolute atomic E-state index is 13.6. The number of hydrogen-bond donors (Lipinski definition) is 3. The van der Waals surface area contributed by atoms with E-state index in [1.165, 1.54) is 29.6 Å². The van der Waals surface area contributed by atoms with Crippen LogP contribution >= 0.6 is 11.6 Å². The van der Waals surface area contributed by atoms with Gasteiger partial charge in [0.2, 0.25) is 0 Å². The summed E-state index contributed by atoms with van der Waals surface area (Å²) in [5.41, 5.74) is 3.97. The molecule has 1 amide bonds. The lowest BCUT2D eigenvalue weighted by Crippen LogP contribution is -2.31. The summed E-state index contributed by atoms with van der Waals surface area (Å²) < 4.78 is 45.5. The second-order valence-electron chi connectivity index (χ2n) is 9.77. The molecule has 1 unspecified atom stereocenters. The first-order chi connectivity index (χ1) is 19.2. The molecule has 4 aromatic rings. The van der Waals surface area contributed by atoms with E-state index in [2.05, 4.69) is 5.32 Å². The maximum atomic E-state index is 13.6. The van der Waals surface area contributed by atoms with Crippen molar-refractivity contribution in [1.29, 1.82) is 0 Å². The average molecular weight is 584 g/mol. The topological polar surface area (TPSA) is 126 Å². The zero-order chi connectivity index (χ0) is 28.6. The minimum absolute atomic E-state index is 0.0982. The fourth-order valence-corrected chi connectivity index (χ4v) is 5.64. The van der Waals surface area contributed by atoms with Crippen molar-refractivity contribution in [1.82, 2.24) is 9.62 Å². The molecular weight excluding hydrogens is 558 g/mol. The van der Waals surface area contributed by atoms with Gasteiger partial charge in [-0.05, 0) is 84.3 Å². The summed E-state index contributed by atoms with van der Waals surface area (Å²) in [7, 11) is -0.170. The highest BCUT2D eigenvalue weighted by atomic mass is 35.5. The van der Waals surface area contributed by atoms with E-state index < -0.39 is 24.2 Å². The van der Waals surface area contributed by atoms with Crippen LogP contribution in [-0.4, -0.2) is 49.7 Å². The molecule has 0 bridgehead atoms. The van der Waals surface area contributed by atoms with Gasteiger partial charge in [0.25, 0.3) is 5.91 Å². The molecule has 0 aliphatic heterocycles. The molecule has 1 aliphatic carbocycles. The van der Waals surface area contributed by atoms with Crippen LogP contribution < -0.4 is 10.8 Å². The van der Waals surface area contributed by atoms with Gasteiger partial charge in [-0.25, -0.2) is 8.70 Å². The van der Waals surface area contributed by atoms with Gasteiger partial charge in [-0.3, -0.25) is 9.00 Å². The molecule has 208 valence electrons. The standard InChI is InChI=1S/C28H27BClFN2O6S/c1-32-28(34)26-22-14-21(17-3-4-17)19(13-25(22)39-27(26)18-5-7-20(31)8-6-18)15-33(40(37)38)11-10-16-2-9-23(29(35)36)24(30)12-16/h2,5-9,12-14,17,35-36H,3-4,10-11,15H2,1H3,(H,32,34)(H,37,38)/p-1. The fraction of sp³-hybridized carbons (Fsp3) is 0.250. The SMILES string of the molecule is CNC(=O)c1c(-c2ccc(F)cc2)oc2cc(CN(CCc3ccc(B(O)O)c(Cl)c3)S(=O)[O-])c(C3CC3)cc12. The van der Waals surface area contributed by atoms with Crippen LogP contribution in [-0.2, 0) is 24.2 Å². The van der Waals surface area contributed by atoms with Crippen molar-refractivity contribution < 1.29 is 32.4 Å². The Morgan fingerprint density at radius 1 is 1.20 bits per heavy atom. The van der Waals surface area contributed by atoms with Crippen LogP contribution in [0.4, 0.5) is 4.39 Å². The second kappa shape index (κ2) is 11.8. The van der Waals surface area contributed by atoms with Gasteiger partial charge in [0.1, 0.15) is 17.2 Å². The number of fused-ring (bicyclic) bond motifs is 1. The third kappa shape index (κ3) is 6.00. The zero-order valence-corrected chi connectivity index (χ0v) is 23.1. The molecule has 0 radical (unpaired) electrons. The number of halogens is 2. The number of benzene rings is 3. The minimum atomic E-state index is -2.53. The van der Waals surface area contributed by atoms with E-state index in [-0.39, 0.29) is 35.4 Å². The van der Waals surface area contributed by atoms with Crippen LogP contribution in [0, 0.1) is 5.82 Å². The van der Waals surface area contributed by atoms with Crippen molar-refractivity contribution in [3.63, 3.8) is 0 Å². The van der Waals surface area contributed by atoms with Gasteiger partial charge in [-0.1, -0.05) is 23.7 Å². The second-order valence-corrected chi connectivity index (χ2v) is 11.1. The summed E-state index contributed by atoms with van der Waals surface area (Å²) in [6, 6.07) is 14.1. The van der Waals surface area contributed by atoms with Gasteiger partial charge in [0, 0.05) is 52.8 Å². The van der Waals surface area contributed by atoms with E-state index in [1.54, 1.807) is 30.3 Å². The summed E-state index contributed by atoms with van der Waals surface area (Å²) >= 11 is 3.61. The van der Waals surface area contributed by atoms with Crippen molar-refractivity contribution in [2.75, 3.05) is 13.6 Å². The molecule has 1 aliphatic rings. The van der Waals surface area contributed by atoms with E-state index >= 15 is 0 Å². The Labute approximate surface area is 238 Å². The number of nitrogens with zero attached hydrogens (tertiary/aromatic N) is 1. The van der Waals surface area contributed by atoms with Gasteiger partial charge >= 0.3 is 7.12 Å². The number of carbonyl (C=O) groups excluding carboxylic acids is 1. The summed E-state index contributed by atoms with van der Waals surface area (Å²) in [6.45, 7) is 0.263. The molecule has 3 N–H and O–H groups in total. The summed E-state index contributed by atoms with van der Waals surface area (Å²) in [5.74, 6) is -0.187. The van der Waals surface area contributed by atoms with E-state index in [1.807, 2.05) is 6.07 Å². The van der Waals surface area contributed by atoms with Crippen molar-refractivity contribution in [2.24, 2.45) is 0 Å². The molecule has 12 heteroatoms. The molecule has 1 heterocycles. The Hall–Kier alpha value is -3.06. The van der Waals surface area contributed by atoms with E-state index in [0.717, 1.165) is 29.5 Å². The molecule has 1 atom stereocenters. The normalized spacial score (nSPS) is 14.1. The molecule has 1 saturated carbocycles. The van der Waals surface area contributed by atoms with E-state index in [9.17, 15) is 28.0 Å². The van der Waals surface area contributed by atoms with Crippen molar-refractivity contribution >= 4 is 52.3 Å². The van der Waals surface area contributed by atoms with Crippen molar-refractivity contribution in [3.05, 3.63) is 87.7 Å². The molecule has 8 nitrogen and oxygen atoms in total. The maximum Gasteiger partial charge on any atom is 0.489 e. The Bertz CT molecular complexity index is 1590. The number of carbonyl (C=O) groups is 1. The molecule has 1 fully saturated rings. The Morgan fingerprint density at radius 2 is 1.93 bits per heavy atom. The average Bonchev–Trinajstić information content (AvgIpc) is 3.70. The van der Waals surface area contributed by atoms with Crippen molar-refractivity contribution in [3.8, 4) is 11.3 Å². The molecule has 1 aromatic heterocycles. The first-order valence-electron chi connectivity index (χ1n) is 12.7. The van der Waals surface area contributed by atoms with Crippen LogP contribution in [0.1, 0.15) is 45.8 Å². The third-order valence-corrected chi connectivity index (χ3v) is 8.14. The smallest absolute Gasteiger partial charge is 0.489 e. The lowest BCUT2D eigenvalue weighted by atomic mass is 9.80. The predicted molar refractivity (Wildman–Crippen MR) is 151 cm³/mol. The van der Waals surface area contributed by atoms with Gasteiger partial charge < -0.3 is 24.3 Å². The Morgan fingerprint density at radius 3 is 2.52 bits per heavy atom. The molecule has 0 spiro atoms. The van der Waals surface area contributed by atoms with E-state index in [4.69, 9.17) is 16.0 Å². The zero-order valence-electron chi connectivity index (χ0n) is 21.5. The third-order valence-electron chi connectivity index (χ3n) is 7.08. The van der Waals surface area contributed by atoms with Gasteiger partial charge in [0.05, 0.1) is 5.56 Å². The molecular formula is C28H26BClFN2O6S-. The Balaban J connectivity index is 1.49. The first-order valence-corrected chi connectivity index (χ1v) is 14.1. The van der Waals surface area contributed by atoms with Crippen LogP contribution in [0.3, 0.4) is 0 Å². The van der Waals surface area contributed by atoms with Crippen LogP contribution in [0.5, 0.6) is 0 Å². The van der Waals surface area contributed by atoms with Gasteiger partial charge in [0.15, 0.2) is 0 Å².